The summed E-state index contributed by atoms with van der Waals surface area (Å²) in [6, 6.07) is 3.47. The topological polar surface area (TPSA) is 43.1 Å². The van der Waals surface area contributed by atoms with E-state index in [2.05, 4.69) is 0 Å². The first-order valence-corrected chi connectivity index (χ1v) is 4.79. The van der Waals surface area contributed by atoms with Crippen LogP contribution in [0.2, 0.25) is 0 Å². The van der Waals surface area contributed by atoms with Crippen molar-refractivity contribution in [2.45, 2.75) is 17.1 Å². The number of hydrogen-bond acceptors (Lipinski definition) is 2. The summed E-state index contributed by atoms with van der Waals surface area (Å²) in [5, 5.41) is -0.458. The van der Waals surface area contributed by atoms with Gasteiger partial charge in [0, 0.05) is 4.90 Å². The smallest absolute Gasteiger partial charge is 0.230 e. The number of thioether (sulfide) groups is 1. The number of carbonyl (C=O) groups excluding carboxylic acids is 1. The van der Waals surface area contributed by atoms with Gasteiger partial charge in [0.25, 0.3) is 0 Å². The molecule has 2 N–H and O–H groups in total. The minimum Gasteiger partial charge on any atom is -0.369 e. The molecule has 0 saturated heterocycles. The molecule has 0 heterocycles. The van der Waals surface area contributed by atoms with E-state index < -0.39 is 22.8 Å². The molecule has 1 amide bonds. The quantitative estimate of drug-likeness (QED) is 0.786. The molecule has 0 unspecified atom stereocenters. The molecule has 1 aromatic carbocycles. The Kier molecular flexibility index (Phi) is 3.46. The second-order valence-corrected chi connectivity index (χ2v) is 4.15. The predicted molar refractivity (Wildman–Crippen MR) is 50.9 cm³/mol. The fraction of sp³-hybridized carbons (Fsp3) is 0.222. The maximum absolute atomic E-state index is 12.7. The Hall–Kier alpha value is -1.10. The van der Waals surface area contributed by atoms with Crippen LogP contribution < -0.4 is 5.73 Å². The average molecular weight is 217 g/mol. The molecule has 0 aromatic heterocycles. The molecule has 2 nitrogen and oxygen atoms in total. The van der Waals surface area contributed by atoms with Crippen molar-refractivity contribution in [1.29, 1.82) is 0 Å². The molecule has 1 rings (SSSR count). The van der Waals surface area contributed by atoms with Crippen molar-refractivity contribution >= 4 is 17.7 Å². The number of amides is 1. The Bertz CT molecular complexity index is 357. The second kappa shape index (κ2) is 4.41. The molecule has 76 valence electrons. The molecule has 0 aliphatic rings. The molecule has 0 spiro atoms. The lowest BCUT2D eigenvalue weighted by Gasteiger charge is -2.06. The number of benzene rings is 1. The zero-order valence-electron chi connectivity index (χ0n) is 7.46. The Morgan fingerprint density at radius 2 is 2.07 bits per heavy atom. The summed E-state index contributed by atoms with van der Waals surface area (Å²) in [4.78, 5) is 11.2. The standard InChI is InChI=1S/C9H9F2NOS/c1-5(9(12)13)14-6-2-3-7(10)8(11)4-6/h2-5H,1H3,(H2,12,13)/t5-/m1/s1. The highest BCUT2D eigenvalue weighted by Crippen LogP contribution is 2.24. The fourth-order valence-corrected chi connectivity index (χ4v) is 1.65. The van der Waals surface area contributed by atoms with Gasteiger partial charge in [-0.25, -0.2) is 8.78 Å². The minimum atomic E-state index is -0.924. The normalized spacial score (nSPS) is 12.5. The molecule has 0 aliphatic carbocycles. The summed E-state index contributed by atoms with van der Waals surface area (Å²) < 4.78 is 25.2. The van der Waals surface area contributed by atoms with Crippen LogP contribution in [0.15, 0.2) is 23.1 Å². The van der Waals surface area contributed by atoms with Crippen LogP contribution in [-0.4, -0.2) is 11.2 Å². The summed E-state index contributed by atoms with van der Waals surface area (Å²) >= 11 is 1.09. The van der Waals surface area contributed by atoms with Gasteiger partial charge in [0.2, 0.25) is 5.91 Å². The third-order valence-corrected chi connectivity index (χ3v) is 2.72. The van der Waals surface area contributed by atoms with Gasteiger partial charge in [-0.15, -0.1) is 11.8 Å². The third kappa shape index (κ3) is 2.70. The van der Waals surface area contributed by atoms with Crippen molar-refractivity contribution in [1.82, 2.24) is 0 Å². The molecule has 0 bridgehead atoms. The van der Waals surface area contributed by atoms with E-state index in [0.717, 1.165) is 23.9 Å². The Labute approximate surface area is 84.5 Å². The zero-order valence-corrected chi connectivity index (χ0v) is 8.28. The van der Waals surface area contributed by atoms with E-state index in [1.807, 2.05) is 0 Å². The van der Waals surface area contributed by atoms with Crippen molar-refractivity contribution in [3.8, 4) is 0 Å². The molecule has 0 radical (unpaired) electrons. The van der Waals surface area contributed by atoms with Gasteiger partial charge in [0.1, 0.15) is 0 Å². The molecule has 0 fully saturated rings. The van der Waals surface area contributed by atoms with Crippen molar-refractivity contribution in [3.05, 3.63) is 29.8 Å². The predicted octanol–water partition coefficient (Wildman–Crippen LogP) is 1.93. The van der Waals surface area contributed by atoms with Crippen molar-refractivity contribution in [3.63, 3.8) is 0 Å². The van der Waals surface area contributed by atoms with Crippen molar-refractivity contribution in [2.24, 2.45) is 5.73 Å². The monoisotopic (exact) mass is 217 g/mol. The highest BCUT2D eigenvalue weighted by atomic mass is 32.2. The van der Waals surface area contributed by atoms with Crippen LogP contribution in [0.1, 0.15) is 6.92 Å². The van der Waals surface area contributed by atoms with Crippen LogP contribution in [0.5, 0.6) is 0 Å². The van der Waals surface area contributed by atoms with Crippen LogP contribution in [0.3, 0.4) is 0 Å². The molecule has 1 atom stereocenters. The first kappa shape index (κ1) is 11.0. The maximum Gasteiger partial charge on any atom is 0.230 e. The van der Waals surface area contributed by atoms with Crippen LogP contribution in [0, 0.1) is 11.6 Å². The Morgan fingerprint density at radius 1 is 1.43 bits per heavy atom. The van der Waals surface area contributed by atoms with Gasteiger partial charge >= 0.3 is 0 Å². The summed E-state index contributed by atoms with van der Waals surface area (Å²) in [6.07, 6.45) is 0. The van der Waals surface area contributed by atoms with Gasteiger partial charge in [0.15, 0.2) is 11.6 Å². The number of halogens is 2. The van der Waals surface area contributed by atoms with Gasteiger partial charge in [-0.1, -0.05) is 0 Å². The van der Waals surface area contributed by atoms with Crippen molar-refractivity contribution < 1.29 is 13.6 Å². The maximum atomic E-state index is 12.7. The third-order valence-electron chi connectivity index (χ3n) is 1.60. The van der Waals surface area contributed by atoms with Crippen LogP contribution in [0.25, 0.3) is 0 Å². The van der Waals surface area contributed by atoms with Crippen LogP contribution in [-0.2, 0) is 4.79 Å². The van der Waals surface area contributed by atoms with Gasteiger partial charge in [-0.05, 0) is 25.1 Å². The first-order valence-electron chi connectivity index (χ1n) is 3.91. The number of hydrogen-bond donors (Lipinski definition) is 1. The van der Waals surface area contributed by atoms with Crippen molar-refractivity contribution in [2.75, 3.05) is 0 Å². The van der Waals surface area contributed by atoms with E-state index in [4.69, 9.17) is 5.73 Å². The fourth-order valence-electron chi connectivity index (χ4n) is 0.812. The summed E-state index contributed by atoms with van der Waals surface area (Å²) in [5.41, 5.74) is 5.02. The van der Waals surface area contributed by atoms with E-state index in [-0.39, 0.29) is 0 Å². The molecule has 5 heteroatoms. The largest absolute Gasteiger partial charge is 0.369 e. The zero-order chi connectivity index (χ0) is 10.7. The van der Waals surface area contributed by atoms with E-state index in [0.29, 0.717) is 4.90 Å². The number of rotatable bonds is 3. The molecule has 0 saturated carbocycles. The molecule has 1 aromatic rings. The molecular formula is C9H9F2NOS. The molecule has 14 heavy (non-hydrogen) atoms. The van der Waals surface area contributed by atoms with E-state index in [9.17, 15) is 13.6 Å². The summed E-state index contributed by atoms with van der Waals surface area (Å²) in [5.74, 6) is -2.31. The lowest BCUT2D eigenvalue weighted by atomic mass is 10.3. The van der Waals surface area contributed by atoms with E-state index >= 15 is 0 Å². The second-order valence-electron chi connectivity index (χ2n) is 2.74. The molecular weight excluding hydrogens is 208 g/mol. The lowest BCUT2D eigenvalue weighted by Crippen LogP contribution is -2.22. The highest BCUT2D eigenvalue weighted by molar-refractivity contribution is 8.00. The highest BCUT2D eigenvalue weighted by Gasteiger charge is 2.11. The van der Waals surface area contributed by atoms with Gasteiger partial charge in [-0.2, -0.15) is 0 Å². The van der Waals surface area contributed by atoms with Gasteiger partial charge in [-0.3, -0.25) is 4.79 Å². The molecule has 0 aliphatic heterocycles. The first-order chi connectivity index (χ1) is 6.50. The van der Waals surface area contributed by atoms with E-state index in [1.54, 1.807) is 6.92 Å². The Morgan fingerprint density at radius 3 is 2.57 bits per heavy atom. The minimum absolute atomic E-state index is 0.458. The average Bonchev–Trinajstić information content (AvgIpc) is 2.11. The lowest BCUT2D eigenvalue weighted by molar-refractivity contribution is -0.117. The van der Waals surface area contributed by atoms with E-state index in [1.165, 1.54) is 6.07 Å². The Balaban J connectivity index is 2.78. The SMILES string of the molecule is C[C@@H](Sc1ccc(F)c(F)c1)C(N)=O. The summed E-state index contributed by atoms with van der Waals surface area (Å²) in [7, 11) is 0. The number of primary amides is 1. The van der Waals surface area contributed by atoms with Gasteiger partial charge in [0.05, 0.1) is 5.25 Å². The summed E-state index contributed by atoms with van der Waals surface area (Å²) in [6.45, 7) is 1.61. The van der Waals surface area contributed by atoms with Crippen LogP contribution in [0.4, 0.5) is 8.78 Å². The number of carbonyl (C=O) groups is 1. The van der Waals surface area contributed by atoms with Gasteiger partial charge < -0.3 is 5.73 Å². The number of nitrogens with two attached hydrogens (primary N) is 1. The van der Waals surface area contributed by atoms with Crippen LogP contribution >= 0.6 is 11.8 Å².